The van der Waals surface area contributed by atoms with E-state index in [2.05, 4.69) is 25.5 Å². The zero-order valence-corrected chi connectivity index (χ0v) is 18.7. The first-order valence-corrected chi connectivity index (χ1v) is 10.8. The van der Waals surface area contributed by atoms with Gasteiger partial charge in [0.1, 0.15) is 17.0 Å². The number of carbonyl (C=O) groups excluding carboxylic acids is 1. The van der Waals surface area contributed by atoms with Crippen LogP contribution >= 0.6 is 23.4 Å². The van der Waals surface area contributed by atoms with Crippen LogP contribution in [-0.2, 0) is 4.79 Å². The number of hydrogen-bond donors (Lipinski definition) is 2. The minimum absolute atomic E-state index is 0.215. The molecule has 10 heteroatoms. The van der Waals surface area contributed by atoms with E-state index in [1.165, 1.54) is 26.0 Å². The third-order valence-electron chi connectivity index (χ3n) is 4.75. The molecule has 0 saturated carbocycles. The van der Waals surface area contributed by atoms with Gasteiger partial charge in [-0.3, -0.25) is 4.79 Å². The third-order valence-corrected chi connectivity index (χ3v) is 6.26. The molecule has 0 radical (unpaired) electrons. The standard InChI is InChI=1S/C21H20ClN5O3S/c1-4-17(20(28)24-14-9-12(22)15(29-2)10-16(14)30-3)31-21-25-19-18(26-27-21)11-7-5-6-8-13(11)23-19/h5-10,17H,4H2,1-3H3,(H,24,28)(H,23,25,27). The van der Waals surface area contributed by atoms with Gasteiger partial charge in [-0.1, -0.05) is 48.5 Å². The zero-order valence-electron chi connectivity index (χ0n) is 17.1. The van der Waals surface area contributed by atoms with Gasteiger partial charge in [-0.25, -0.2) is 4.98 Å². The van der Waals surface area contributed by atoms with E-state index in [1.807, 2.05) is 31.2 Å². The van der Waals surface area contributed by atoms with Crippen molar-refractivity contribution >= 4 is 57.0 Å². The van der Waals surface area contributed by atoms with Gasteiger partial charge in [0.05, 0.1) is 30.2 Å². The molecule has 0 bridgehead atoms. The Morgan fingerprint density at radius 2 is 1.97 bits per heavy atom. The van der Waals surface area contributed by atoms with Crippen LogP contribution in [0.3, 0.4) is 0 Å². The Hall–Kier alpha value is -3.04. The van der Waals surface area contributed by atoms with Crippen molar-refractivity contribution in [1.29, 1.82) is 0 Å². The monoisotopic (exact) mass is 457 g/mol. The van der Waals surface area contributed by atoms with E-state index < -0.39 is 5.25 Å². The van der Waals surface area contributed by atoms with Crippen molar-refractivity contribution in [3.05, 3.63) is 41.4 Å². The second-order valence-electron chi connectivity index (χ2n) is 6.65. The van der Waals surface area contributed by atoms with E-state index in [1.54, 1.807) is 12.1 Å². The number of carbonyl (C=O) groups is 1. The Bertz CT molecular complexity index is 1260. The van der Waals surface area contributed by atoms with Gasteiger partial charge >= 0.3 is 0 Å². The topological polar surface area (TPSA) is 102 Å². The van der Waals surface area contributed by atoms with E-state index in [4.69, 9.17) is 21.1 Å². The quantitative estimate of drug-likeness (QED) is 0.388. The van der Waals surface area contributed by atoms with E-state index in [0.29, 0.717) is 45.0 Å². The zero-order chi connectivity index (χ0) is 22.0. The number of benzene rings is 2. The largest absolute Gasteiger partial charge is 0.495 e. The summed E-state index contributed by atoms with van der Waals surface area (Å²) in [6.07, 6.45) is 0.566. The summed E-state index contributed by atoms with van der Waals surface area (Å²) in [7, 11) is 3.03. The molecule has 0 aliphatic rings. The smallest absolute Gasteiger partial charge is 0.238 e. The Morgan fingerprint density at radius 1 is 1.19 bits per heavy atom. The number of thioether (sulfide) groups is 1. The molecular weight excluding hydrogens is 438 g/mol. The number of methoxy groups -OCH3 is 2. The van der Waals surface area contributed by atoms with E-state index in [9.17, 15) is 4.79 Å². The van der Waals surface area contributed by atoms with Gasteiger partial charge in [-0.2, -0.15) is 0 Å². The van der Waals surface area contributed by atoms with Crippen molar-refractivity contribution in [1.82, 2.24) is 20.2 Å². The highest BCUT2D eigenvalue weighted by atomic mass is 35.5. The number of halogens is 1. The Kier molecular flexibility index (Phi) is 6.15. The summed E-state index contributed by atoms with van der Waals surface area (Å²) in [5.41, 5.74) is 2.74. The number of nitrogens with zero attached hydrogens (tertiary/aromatic N) is 3. The van der Waals surface area contributed by atoms with E-state index >= 15 is 0 Å². The molecular formula is C21H20ClN5O3S. The molecule has 0 fully saturated rings. The highest BCUT2D eigenvalue weighted by Crippen LogP contribution is 2.36. The predicted molar refractivity (Wildman–Crippen MR) is 122 cm³/mol. The van der Waals surface area contributed by atoms with Crippen LogP contribution < -0.4 is 14.8 Å². The summed E-state index contributed by atoms with van der Waals surface area (Å²) in [5, 5.41) is 12.7. The molecule has 8 nitrogen and oxygen atoms in total. The molecule has 31 heavy (non-hydrogen) atoms. The highest BCUT2D eigenvalue weighted by molar-refractivity contribution is 8.00. The molecule has 1 unspecified atom stereocenters. The number of anilines is 1. The van der Waals surface area contributed by atoms with Crippen molar-refractivity contribution < 1.29 is 14.3 Å². The van der Waals surface area contributed by atoms with Crippen LogP contribution in [0.1, 0.15) is 13.3 Å². The van der Waals surface area contributed by atoms with Gasteiger partial charge < -0.3 is 19.8 Å². The molecule has 2 N–H and O–H groups in total. The molecule has 4 aromatic rings. The van der Waals surface area contributed by atoms with Crippen LogP contribution in [0.15, 0.2) is 41.6 Å². The Balaban J connectivity index is 1.56. The average molecular weight is 458 g/mol. The lowest BCUT2D eigenvalue weighted by Gasteiger charge is -2.16. The van der Waals surface area contributed by atoms with E-state index in [-0.39, 0.29) is 5.91 Å². The highest BCUT2D eigenvalue weighted by Gasteiger charge is 2.22. The van der Waals surface area contributed by atoms with Crippen LogP contribution in [0, 0.1) is 0 Å². The molecule has 0 aliphatic heterocycles. The van der Waals surface area contributed by atoms with E-state index in [0.717, 1.165) is 10.9 Å². The second-order valence-corrected chi connectivity index (χ2v) is 8.23. The van der Waals surface area contributed by atoms with Crippen LogP contribution in [0.4, 0.5) is 5.69 Å². The summed E-state index contributed by atoms with van der Waals surface area (Å²) >= 11 is 7.46. The first-order valence-electron chi connectivity index (χ1n) is 9.54. The number of aromatic nitrogens is 4. The fourth-order valence-corrected chi connectivity index (χ4v) is 4.24. The Labute approximate surface area is 187 Å². The molecule has 2 aromatic carbocycles. The lowest BCUT2D eigenvalue weighted by molar-refractivity contribution is -0.115. The third kappa shape index (κ3) is 4.24. The lowest BCUT2D eigenvalue weighted by Crippen LogP contribution is -2.25. The van der Waals surface area contributed by atoms with Gasteiger partial charge in [-0.05, 0) is 18.6 Å². The number of nitrogens with one attached hydrogen (secondary N) is 2. The molecule has 0 spiro atoms. The molecule has 1 atom stereocenters. The number of amides is 1. The number of H-pyrrole nitrogens is 1. The number of hydrogen-bond acceptors (Lipinski definition) is 7. The van der Waals surface area contributed by atoms with Crippen molar-refractivity contribution in [3.63, 3.8) is 0 Å². The normalized spacial score (nSPS) is 12.1. The van der Waals surface area contributed by atoms with Crippen LogP contribution in [-0.4, -0.2) is 45.5 Å². The fourth-order valence-electron chi connectivity index (χ4n) is 3.18. The summed E-state index contributed by atoms with van der Waals surface area (Å²) in [6, 6.07) is 11.0. The summed E-state index contributed by atoms with van der Waals surface area (Å²) < 4.78 is 10.6. The van der Waals surface area contributed by atoms with Crippen LogP contribution in [0.2, 0.25) is 5.02 Å². The first-order chi connectivity index (χ1) is 15.0. The van der Waals surface area contributed by atoms with Gasteiger partial charge in [0.2, 0.25) is 11.1 Å². The summed E-state index contributed by atoms with van der Waals surface area (Å²) in [6.45, 7) is 1.92. The molecule has 2 heterocycles. The maximum atomic E-state index is 12.9. The van der Waals surface area contributed by atoms with Crippen molar-refractivity contribution in [3.8, 4) is 11.5 Å². The number of ether oxygens (including phenoxy) is 2. The lowest BCUT2D eigenvalue weighted by atomic mass is 10.2. The average Bonchev–Trinajstić information content (AvgIpc) is 3.15. The summed E-state index contributed by atoms with van der Waals surface area (Å²) in [5.74, 6) is 0.697. The first kappa shape index (κ1) is 21.2. The van der Waals surface area contributed by atoms with Gasteiger partial charge in [0.15, 0.2) is 5.65 Å². The minimum atomic E-state index is -0.436. The Morgan fingerprint density at radius 3 is 2.71 bits per heavy atom. The number of fused-ring (bicyclic) bond motifs is 3. The number of aromatic amines is 1. The maximum Gasteiger partial charge on any atom is 0.238 e. The van der Waals surface area contributed by atoms with Crippen molar-refractivity contribution in [2.75, 3.05) is 19.5 Å². The SMILES string of the molecule is CCC(Sc1nnc2c(n1)[nH]c1ccccc12)C(=O)Nc1cc(Cl)c(OC)cc1OC. The van der Waals surface area contributed by atoms with Crippen molar-refractivity contribution in [2.45, 2.75) is 23.8 Å². The van der Waals surface area contributed by atoms with Gasteiger partial charge in [0.25, 0.3) is 0 Å². The molecule has 4 rings (SSSR count). The molecule has 0 saturated heterocycles. The molecule has 2 aromatic heterocycles. The molecule has 1 amide bonds. The summed E-state index contributed by atoms with van der Waals surface area (Å²) in [4.78, 5) is 20.7. The number of para-hydroxylation sites is 1. The minimum Gasteiger partial charge on any atom is -0.495 e. The maximum absolute atomic E-state index is 12.9. The fraction of sp³-hybridized carbons (Fsp3) is 0.238. The van der Waals surface area contributed by atoms with Gasteiger partial charge in [-0.15, -0.1) is 10.2 Å². The van der Waals surface area contributed by atoms with Crippen LogP contribution in [0.25, 0.3) is 22.1 Å². The second kappa shape index (κ2) is 8.99. The number of rotatable bonds is 7. The van der Waals surface area contributed by atoms with Gasteiger partial charge in [0, 0.05) is 17.0 Å². The van der Waals surface area contributed by atoms with Crippen LogP contribution in [0.5, 0.6) is 11.5 Å². The van der Waals surface area contributed by atoms with Crippen molar-refractivity contribution in [2.24, 2.45) is 0 Å². The molecule has 160 valence electrons. The molecule has 0 aliphatic carbocycles. The predicted octanol–water partition coefficient (Wildman–Crippen LogP) is 4.69.